The van der Waals surface area contributed by atoms with Crippen molar-refractivity contribution in [2.45, 2.75) is 19.6 Å². The van der Waals surface area contributed by atoms with Crippen LogP contribution in [0.5, 0.6) is 0 Å². The van der Waals surface area contributed by atoms with Crippen molar-refractivity contribution >= 4 is 16.9 Å². The molecule has 0 atom stereocenters. The molecule has 0 amide bonds. The Morgan fingerprint density at radius 1 is 1.33 bits per heavy atom. The molecule has 0 spiro atoms. The second-order valence-corrected chi connectivity index (χ2v) is 5.16. The molecule has 0 aliphatic carbocycles. The molecule has 2 rings (SSSR count). The summed E-state index contributed by atoms with van der Waals surface area (Å²) in [4.78, 5) is 6.77. The lowest BCUT2D eigenvalue weighted by atomic mass is 10.2. The van der Waals surface area contributed by atoms with Gasteiger partial charge in [0, 0.05) is 5.75 Å². The summed E-state index contributed by atoms with van der Waals surface area (Å²) in [5, 5.41) is 4.41. The van der Waals surface area contributed by atoms with Crippen molar-refractivity contribution in [3.8, 4) is 0 Å². The lowest BCUT2D eigenvalue weighted by molar-refractivity contribution is -0.00000367. The van der Waals surface area contributed by atoms with Crippen LogP contribution in [0.2, 0.25) is 0 Å². The fourth-order valence-corrected chi connectivity index (χ4v) is 2.41. The Balaban J connectivity index is 0.00000162. The highest BCUT2D eigenvalue weighted by Gasteiger charge is 2.10. The number of rotatable bonds is 3. The van der Waals surface area contributed by atoms with Gasteiger partial charge in [-0.1, -0.05) is 48.5 Å². The molecule has 3 nitrogen and oxygen atoms in total. The molecule has 1 aliphatic rings. The quantitative estimate of drug-likeness (QED) is 0.806. The lowest BCUT2D eigenvalue weighted by Crippen LogP contribution is -3.00. The average Bonchev–Trinajstić information content (AvgIpc) is 2.39. The largest absolute Gasteiger partial charge is 1.00 e. The second-order valence-electron chi connectivity index (χ2n) is 4.20. The fraction of sp³-hybridized carbons (Fsp3) is 0.462. The molecule has 0 fully saturated rings. The number of amidine groups is 1. The van der Waals surface area contributed by atoms with Gasteiger partial charge in [0.1, 0.15) is 0 Å². The summed E-state index contributed by atoms with van der Waals surface area (Å²) in [5.41, 5.74) is 2.66. The third-order valence-electron chi connectivity index (χ3n) is 2.81. The van der Waals surface area contributed by atoms with E-state index in [0.717, 1.165) is 30.8 Å². The van der Waals surface area contributed by atoms with Gasteiger partial charge in [0.05, 0.1) is 13.3 Å². The zero-order valence-corrected chi connectivity index (χ0v) is 12.4. The summed E-state index contributed by atoms with van der Waals surface area (Å²) in [7, 11) is 0. The minimum atomic E-state index is 0. The summed E-state index contributed by atoms with van der Waals surface area (Å²) in [6.07, 6.45) is 0. The summed E-state index contributed by atoms with van der Waals surface area (Å²) in [6, 6.07) is 8.68. The Hall–Kier alpha value is -0.710. The number of benzene rings is 1. The van der Waals surface area contributed by atoms with Crippen LogP contribution in [0.25, 0.3) is 0 Å². The number of thioether (sulfide) groups is 1. The van der Waals surface area contributed by atoms with Crippen LogP contribution < -0.4 is 17.7 Å². The molecule has 0 saturated carbocycles. The predicted octanol–water partition coefficient (Wildman–Crippen LogP) is -0.572. The zero-order valence-electron chi connectivity index (χ0n) is 10.8. The molecule has 5 heteroatoms. The molecule has 0 radical (unpaired) electrons. The molecule has 0 saturated heterocycles. The van der Waals surface area contributed by atoms with Crippen LogP contribution in [0.1, 0.15) is 18.1 Å². The van der Waals surface area contributed by atoms with Crippen LogP contribution in [0.4, 0.5) is 0 Å². The Bertz CT molecular complexity index is 392. The number of nitrogens with one attached hydrogen (secondary N) is 1. The van der Waals surface area contributed by atoms with Crippen molar-refractivity contribution in [3.63, 3.8) is 0 Å². The third-order valence-corrected chi connectivity index (χ3v) is 3.84. The number of nitrogens with zero attached hydrogens (tertiary/aromatic N) is 2. The normalized spacial score (nSPS) is 15.6. The summed E-state index contributed by atoms with van der Waals surface area (Å²) < 4.78 is 0. The van der Waals surface area contributed by atoms with Crippen molar-refractivity contribution in [2.75, 3.05) is 19.9 Å². The van der Waals surface area contributed by atoms with E-state index in [2.05, 4.69) is 53.3 Å². The van der Waals surface area contributed by atoms with Gasteiger partial charge in [-0.3, -0.25) is 4.90 Å². The van der Waals surface area contributed by atoms with Crippen molar-refractivity contribution in [1.82, 2.24) is 10.2 Å². The van der Waals surface area contributed by atoms with E-state index in [9.17, 15) is 0 Å². The third kappa shape index (κ3) is 4.52. The first-order chi connectivity index (χ1) is 8.28. The highest BCUT2D eigenvalue weighted by molar-refractivity contribution is 8.13. The Morgan fingerprint density at radius 2 is 2.06 bits per heavy atom. The van der Waals surface area contributed by atoms with Gasteiger partial charge in [-0.15, -0.1) is 0 Å². The molecule has 1 aromatic carbocycles. The number of hydrogen-bond donors (Lipinski definition) is 1. The second kappa shape index (κ2) is 7.67. The first-order valence-electron chi connectivity index (χ1n) is 5.97. The molecule has 18 heavy (non-hydrogen) atoms. The van der Waals surface area contributed by atoms with Gasteiger partial charge in [-0.05, 0) is 19.0 Å². The molecule has 0 bridgehead atoms. The maximum atomic E-state index is 4.51. The number of aliphatic imine (C=N–C) groups is 1. The SMILES string of the molecule is CCN1CN=C(SCc2ccc(C)cc2)NC1.[Cl-]. The standard InChI is InChI=1S/C13H19N3S.ClH/c1-3-16-9-14-13(15-10-16)17-8-12-6-4-11(2)5-7-12;/h4-7H,3,8-10H2,1-2H3,(H,14,15);1H/p-1. The fourth-order valence-electron chi connectivity index (χ4n) is 1.59. The topological polar surface area (TPSA) is 27.6 Å². The van der Waals surface area contributed by atoms with Gasteiger partial charge in [0.15, 0.2) is 5.17 Å². The van der Waals surface area contributed by atoms with Crippen LogP contribution in [0, 0.1) is 6.92 Å². The van der Waals surface area contributed by atoms with Gasteiger partial charge in [-0.2, -0.15) is 0 Å². The molecule has 100 valence electrons. The van der Waals surface area contributed by atoms with E-state index in [0.29, 0.717) is 0 Å². The molecule has 1 aliphatic heterocycles. The van der Waals surface area contributed by atoms with Crippen molar-refractivity contribution in [3.05, 3.63) is 35.4 Å². The van der Waals surface area contributed by atoms with Gasteiger partial charge in [-0.25, -0.2) is 4.99 Å². The van der Waals surface area contributed by atoms with Crippen LogP contribution in [0.3, 0.4) is 0 Å². The zero-order chi connectivity index (χ0) is 12.1. The Kier molecular flexibility index (Phi) is 6.54. The summed E-state index contributed by atoms with van der Waals surface area (Å²) in [6.45, 7) is 7.05. The van der Waals surface area contributed by atoms with E-state index in [1.54, 1.807) is 11.8 Å². The van der Waals surface area contributed by atoms with Gasteiger partial charge in [0.2, 0.25) is 0 Å². The summed E-state index contributed by atoms with van der Waals surface area (Å²) in [5.74, 6) is 0.984. The first kappa shape index (κ1) is 15.3. The van der Waals surface area contributed by atoms with Crippen LogP contribution in [0.15, 0.2) is 29.3 Å². The number of halogens is 1. The van der Waals surface area contributed by atoms with Crippen LogP contribution in [-0.4, -0.2) is 29.9 Å². The molecule has 1 N–H and O–H groups in total. The van der Waals surface area contributed by atoms with E-state index in [4.69, 9.17) is 0 Å². The van der Waals surface area contributed by atoms with Crippen molar-refractivity contribution in [1.29, 1.82) is 0 Å². The van der Waals surface area contributed by atoms with Gasteiger partial charge >= 0.3 is 0 Å². The highest BCUT2D eigenvalue weighted by Crippen LogP contribution is 2.15. The van der Waals surface area contributed by atoms with E-state index < -0.39 is 0 Å². The van der Waals surface area contributed by atoms with Crippen molar-refractivity contribution in [2.24, 2.45) is 4.99 Å². The van der Waals surface area contributed by atoms with Crippen LogP contribution in [-0.2, 0) is 5.75 Å². The smallest absolute Gasteiger partial charge is 0.159 e. The van der Waals surface area contributed by atoms with Gasteiger partial charge < -0.3 is 17.7 Å². The van der Waals surface area contributed by atoms with E-state index in [1.807, 2.05) is 0 Å². The Labute approximate surface area is 119 Å². The minimum Gasteiger partial charge on any atom is -1.00 e. The maximum Gasteiger partial charge on any atom is 0.159 e. The summed E-state index contributed by atoms with van der Waals surface area (Å²) >= 11 is 1.78. The Morgan fingerprint density at radius 3 is 2.61 bits per heavy atom. The molecular weight excluding hydrogens is 266 g/mol. The van der Waals surface area contributed by atoms with E-state index in [-0.39, 0.29) is 12.4 Å². The average molecular weight is 285 g/mol. The molecule has 1 aromatic rings. The number of hydrogen-bond acceptors (Lipinski definition) is 4. The first-order valence-corrected chi connectivity index (χ1v) is 6.95. The van der Waals surface area contributed by atoms with Crippen molar-refractivity contribution < 1.29 is 12.4 Å². The lowest BCUT2D eigenvalue weighted by Gasteiger charge is -2.24. The molecule has 0 unspecified atom stereocenters. The van der Waals surface area contributed by atoms with Gasteiger partial charge in [0.25, 0.3) is 0 Å². The highest BCUT2D eigenvalue weighted by atomic mass is 35.5. The minimum absolute atomic E-state index is 0. The molecular formula is C13H19ClN3S-. The van der Waals surface area contributed by atoms with E-state index in [1.165, 1.54) is 11.1 Å². The molecule has 0 aromatic heterocycles. The van der Waals surface area contributed by atoms with Crippen LogP contribution >= 0.6 is 11.8 Å². The monoisotopic (exact) mass is 284 g/mol. The van der Waals surface area contributed by atoms with E-state index >= 15 is 0 Å². The predicted molar refractivity (Wildman–Crippen MR) is 75.2 cm³/mol. The molecule has 1 heterocycles. The number of aryl methyl sites for hydroxylation is 1. The maximum absolute atomic E-state index is 4.51.